The fourth-order valence-corrected chi connectivity index (χ4v) is 2.82. The highest BCUT2D eigenvalue weighted by molar-refractivity contribution is 6.10. The highest BCUT2D eigenvalue weighted by Crippen LogP contribution is 2.26. The predicted octanol–water partition coefficient (Wildman–Crippen LogP) is 1.46. The smallest absolute Gasteiger partial charge is 0.170 e. The highest BCUT2D eigenvalue weighted by atomic mass is 16.1. The van der Waals surface area contributed by atoms with Crippen molar-refractivity contribution < 1.29 is 4.79 Å². The van der Waals surface area contributed by atoms with Gasteiger partial charge in [-0.25, -0.2) is 0 Å². The van der Waals surface area contributed by atoms with Crippen molar-refractivity contribution in [3.8, 4) is 0 Å². The molecular weight excluding hydrogens is 252 g/mol. The van der Waals surface area contributed by atoms with E-state index >= 15 is 0 Å². The predicted molar refractivity (Wildman–Crippen MR) is 78.6 cm³/mol. The minimum absolute atomic E-state index is 0.134. The van der Waals surface area contributed by atoms with E-state index in [1.165, 1.54) is 12.8 Å². The maximum absolute atomic E-state index is 11.8. The lowest BCUT2D eigenvalue weighted by Crippen LogP contribution is -2.36. The number of rotatable bonds is 4. The standard InChI is InChI=1S/C15H20N4O/c20-14-4-7-19-15-12(14)3-6-18-13(15)10-17-9-11-2-1-5-16-8-11/h3,6-7,11,16-17H,1-2,4-5,8-10H2/t11-/m0/s1. The van der Waals surface area contributed by atoms with Crippen LogP contribution in [0.5, 0.6) is 0 Å². The molecule has 0 unspecified atom stereocenters. The van der Waals surface area contributed by atoms with Crippen LogP contribution in [-0.2, 0) is 6.54 Å². The van der Waals surface area contributed by atoms with Crippen LogP contribution in [0.15, 0.2) is 17.3 Å². The Morgan fingerprint density at radius 3 is 3.25 bits per heavy atom. The summed E-state index contributed by atoms with van der Waals surface area (Å²) < 4.78 is 0. The quantitative estimate of drug-likeness (QED) is 0.871. The number of carbonyl (C=O) groups excluding carboxylic acids is 1. The molecule has 2 N–H and O–H groups in total. The Morgan fingerprint density at radius 2 is 2.40 bits per heavy atom. The Morgan fingerprint density at radius 1 is 1.45 bits per heavy atom. The van der Waals surface area contributed by atoms with Gasteiger partial charge in [0.05, 0.1) is 11.4 Å². The lowest BCUT2D eigenvalue weighted by atomic mass is 9.99. The van der Waals surface area contributed by atoms with Gasteiger partial charge in [-0.2, -0.15) is 0 Å². The molecule has 3 rings (SSSR count). The molecule has 0 spiro atoms. The molecule has 0 amide bonds. The van der Waals surface area contributed by atoms with Crippen LogP contribution in [0.3, 0.4) is 0 Å². The summed E-state index contributed by atoms with van der Waals surface area (Å²) in [7, 11) is 0. The zero-order valence-electron chi connectivity index (χ0n) is 11.6. The highest BCUT2D eigenvalue weighted by Gasteiger charge is 2.18. The van der Waals surface area contributed by atoms with E-state index in [1.807, 2.05) is 0 Å². The third-order valence-electron chi connectivity index (χ3n) is 3.92. The number of carbonyl (C=O) groups is 1. The van der Waals surface area contributed by atoms with Gasteiger partial charge in [0.25, 0.3) is 0 Å². The number of piperidine rings is 1. The Labute approximate surface area is 118 Å². The molecule has 3 heterocycles. The molecule has 0 saturated carbocycles. The fourth-order valence-electron chi connectivity index (χ4n) is 2.82. The van der Waals surface area contributed by atoms with Gasteiger partial charge in [-0.3, -0.25) is 14.8 Å². The molecule has 5 heteroatoms. The van der Waals surface area contributed by atoms with Crippen molar-refractivity contribution >= 4 is 17.7 Å². The lowest BCUT2D eigenvalue weighted by molar-refractivity contribution is 0.100. The maximum Gasteiger partial charge on any atom is 0.170 e. The normalized spacial score (nSPS) is 21.8. The van der Waals surface area contributed by atoms with Gasteiger partial charge in [-0.05, 0) is 44.5 Å². The third kappa shape index (κ3) is 2.94. The van der Waals surface area contributed by atoms with E-state index in [9.17, 15) is 4.79 Å². The van der Waals surface area contributed by atoms with Gasteiger partial charge >= 0.3 is 0 Å². The Bertz CT molecular complexity index is 521. The van der Waals surface area contributed by atoms with Crippen LogP contribution in [0.1, 0.15) is 35.3 Å². The molecule has 0 bridgehead atoms. The summed E-state index contributed by atoms with van der Waals surface area (Å²) in [6.07, 6.45) is 6.32. The SMILES string of the molecule is O=C1CC=Nc2c1ccnc2CNC[C@H]1CCCNC1. The van der Waals surface area contributed by atoms with E-state index in [4.69, 9.17) is 0 Å². The monoisotopic (exact) mass is 272 g/mol. The Hall–Kier alpha value is -1.59. The second-order valence-corrected chi connectivity index (χ2v) is 5.44. The van der Waals surface area contributed by atoms with Crippen LogP contribution in [0.2, 0.25) is 0 Å². The number of hydrogen-bond donors (Lipinski definition) is 2. The van der Waals surface area contributed by atoms with Crippen molar-refractivity contribution in [2.75, 3.05) is 19.6 Å². The number of ketones is 1. The molecule has 2 aliphatic rings. The number of aliphatic imine (C=N–C) groups is 1. The Kier molecular flexibility index (Phi) is 4.18. The van der Waals surface area contributed by atoms with Crippen molar-refractivity contribution in [3.63, 3.8) is 0 Å². The van der Waals surface area contributed by atoms with Gasteiger partial charge in [-0.1, -0.05) is 0 Å². The van der Waals surface area contributed by atoms with Crippen LogP contribution < -0.4 is 10.6 Å². The van der Waals surface area contributed by atoms with Crippen molar-refractivity contribution in [2.45, 2.75) is 25.8 Å². The van der Waals surface area contributed by atoms with E-state index in [1.54, 1.807) is 18.5 Å². The van der Waals surface area contributed by atoms with Crippen LogP contribution >= 0.6 is 0 Å². The molecule has 20 heavy (non-hydrogen) atoms. The average molecular weight is 272 g/mol. The first-order chi connectivity index (χ1) is 9.84. The van der Waals surface area contributed by atoms with Gasteiger partial charge in [0.15, 0.2) is 5.78 Å². The first kappa shape index (κ1) is 13.4. The zero-order valence-corrected chi connectivity index (χ0v) is 11.6. The minimum Gasteiger partial charge on any atom is -0.316 e. The van der Waals surface area contributed by atoms with Crippen molar-refractivity contribution in [1.29, 1.82) is 0 Å². The van der Waals surface area contributed by atoms with Gasteiger partial charge in [0.1, 0.15) is 0 Å². The third-order valence-corrected chi connectivity index (χ3v) is 3.92. The average Bonchev–Trinajstić information content (AvgIpc) is 2.49. The van der Waals surface area contributed by atoms with Crippen molar-refractivity contribution in [1.82, 2.24) is 15.6 Å². The second-order valence-electron chi connectivity index (χ2n) is 5.44. The number of Topliss-reactive ketones (excluding diaryl/α,β-unsaturated/α-hetero) is 1. The fraction of sp³-hybridized carbons (Fsp3) is 0.533. The molecule has 106 valence electrons. The minimum atomic E-state index is 0.134. The first-order valence-electron chi connectivity index (χ1n) is 7.29. The molecule has 0 aliphatic carbocycles. The van der Waals surface area contributed by atoms with Gasteiger partial charge < -0.3 is 10.6 Å². The second kappa shape index (κ2) is 6.24. The van der Waals surface area contributed by atoms with E-state index < -0.39 is 0 Å². The number of fused-ring (bicyclic) bond motifs is 1. The van der Waals surface area contributed by atoms with Crippen molar-refractivity contribution in [3.05, 3.63) is 23.5 Å². The van der Waals surface area contributed by atoms with Gasteiger partial charge in [0.2, 0.25) is 0 Å². The van der Waals surface area contributed by atoms with Gasteiger partial charge in [-0.15, -0.1) is 0 Å². The van der Waals surface area contributed by atoms with Crippen LogP contribution in [0.4, 0.5) is 5.69 Å². The van der Waals surface area contributed by atoms with Crippen LogP contribution in [0, 0.1) is 5.92 Å². The van der Waals surface area contributed by atoms with E-state index in [-0.39, 0.29) is 5.78 Å². The van der Waals surface area contributed by atoms with E-state index in [0.29, 0.717) is 24.4 Å². The molecule has 0 aromatic carbocycles. The summed E-state index contributed by atoms with van der Waals surface area (Å²) in [5, 5.41) is 6.86. The zero-order chi connectivity index (χ0) is 13.8. The van der Waals surface area contributed by atoms with Crippen LogP contribution in [0.25, 0.3) is 0 Å². The topological polar surface area (TPSA) is 66.4 Å². The summed E-state index contributed by atoms with van der Waals surface area (Å²) in [5.41, 5.74) is 2.33. The molecule has 1 aromatic rings. The number of pyridine rings is 1. The number of aromatic nitrogens is 1. The number of nitrogens with zero attached hydrogens (tertiary/aromatic N) is 2. The summed E-state index contributed by atoms with van der Waals surface area (Å²) in [5.74, 6) is 0.823. The van der Waals surface area contributed by atoms with Crippen LogP contribution in [-0.4, -0.2) is 36.6 Å². The summed E-state index contributed by atoms with van der Waals surface area (Å²) in [6.45, 7) is 3.88. The summed E-state index contributed by atoms with van der Waals surface area (Å²) >= 11 is 0. The molecule has 5 nitrogen and oxygen atoms in total. The lowest BCUT2D eigenvalue weighted by Gasteiger charge is -2.23. The summed E-state index contributed by atoms with van der Waals surface area (Å²) in [6, 6.07) is 1.77. The number of nitrogens with one attached hydrogen (secondary N) is 2. The molecule has 1 saturated heterocycles. The largest absolute Gasteiger partial charge is 0.316 e. The maximum atomic E-state index is 11.8. The molecule has 2 aliphatic heterocycles. The summed E-state index contributed by atoms with van der Waals surface area (Å²) in [4.78, 5) is 20.5. The van der Waals surface area contributed by atoms with Gasteiger partial charge in [0, 0.05) is 30.9 Å². The first-order valence-corrected chi connectivity index (χ1v) is 7.29. The molecular formula is C15H20N4O. The van der Waals surface area contributed by atoms with E-state index in [2.05, 4.69) is 20.6 Å². The molecule has 1 fully saturated rings. The van der Waals surface area contributed by atoms with Crippen molar-refractivity contribution in [2.24, 2.45) is 10.9 Å². The number of hydrogen-bond acceptors (Lipinski definition) is 5. The Balaban J connectivity index is 1.62. The molecule has 1 atom stereocenters. The molecule has 0 radical (unpaired) electrons. The molecule has 1 aromatic heterocycles. The van der Waals surface area contributed by atoms with E-state index in [0.717, 1.165) is 31.0 Å².